The van der Waals surface area contributed by atoms with Gasteiger partial charge in [-0.05, 0) is 32.0 Å². The van der Waals surface area contributed by atoms with Crippen molar-refractivity contribution >= 4 is 15.9 Å². The largest absolute Gasteiger partial charge is 0.309 e. The van der Waals surface area contributed by atoms with Crippen molar-refractivity contribution in [3.05, 3.63) is 51.8 Å². The summed E-state index contributed by atoms with van der Waals surface area (Å²) in [6, 6.07) is 6.50. The number of hydrogen-bond acceptors (Lipinski definition) is 2. The molecule has 0 aliphatic heterocycles. The first-order chi connectivity index (χ1) is 8.67. The van der Waals surface area contributed by atoms with Gasteiger partial charge in [-0.1, -0.05) is 34.1 Å². The van der Waals surface area contributed by atoms with E-state index >= 15 is 0 Å². The van der Waals surface area contributed by atoms with E-state index in [9.17, 15) is 0 Å². The van der Waals surface area contributed by atoms with Gasteiger partial charge in [0.1, 0.15) is 0 Å². The molecule has 0 aliphatic rings. The minimum absolute atomic E-state index is 0.166. The molecular formula is C14H18BrN3. The molecule has 4 heteroatoms. The molecule has 0 bridgehead atoms. The second kappa shape index (κ2) is 5.67. The minimum Gasteiger partial charge on any atom is -0.309 e. The minimum atomic E-state index is 0.166. The standard InChI is InChI=1S/C14H18BrN3/c1-4-18-9-11(8-17-18)14(16-3)12-7-5-6-10(2)13(12)15/h5-9,14,16H,4H2,1-3H3. The first kappa shape index (κ1) is 13.3. The monoisotopic (exact) mass is 307 g/mol. The molecule has 1 atom stereocenters. The Bertz CT molecular complexity index is 534. The Morgan fingerprint density at radius 1 is 1.44 bits per heavy atom. The van der Waals surface area contributed by atoms with Gasteiger partial charge in [-0.25, -0.2) is 0 Å². The maximum atomic E-state index is 4.34. The van der Waals surface area contributed by atoms with Crippen LogP contribution in [0, 0.1) is 6.92 Å². The SMILES string of the molecule is CCn1cc(C(NC)c2cccc(C)c2Br)cn1. The second-order valence-corrected chi connectivity index (χ2v) is 5.12. The summed E-state index contributed by atoms with van der Waals surface area (Å²) in [4.78, 5) is 0. The molecule has 3 nitrogen and oxygen atoms in total. The van der Waals surface area contributed by atoms with E-state index in [1.807, 2.05) is 17.9 Å². The molecule has 0 radical (unpaired) electrons. The summed E-state index contributed by atoms with van der Waals surface area (Å²) in [6.07, 6.45) is 4.02. The third-order valence-electron chi connectivity index (χ3n) is 3.13. The molecule has 0 saturated carbocycles. The number of nitrogens with one attached hydrogen (secondary N) is 1. The zero-order chi connectivity index (χ0) is 13.1. The quantitative estimate of drug-likeness (QED) is 0.939. The van der Waals surface area contributed by atoms with Gasteiger partial charge in [-0.2, -0.15) is 5.10 Å². The normalized spacial score (nSPS) is 12.7. The van der Waals surface area contributed by atoms with Gasteiger partial charge in [-0.3, -0.25) is 4.68 Å². The average molecular weight is 308 g/mol. The Hall–Kier alpha value is -1.13. The fourth-order valence-corrected chi connectivity index (χ4v) is 2.59. The van der Waals surface area contributed by atoms with Crippen molar-refractivity contribution in [1.82, 2.24) is 15.1 Å². The molecular weight excluding hydrogens is 290 g/mol. The van der Waals surface area contributed by atoms with Crippen molar-refractivity contribution < 1.29 is 0 Å². The molecule has 1 aromatic heterocycles. The van der Waals surface area contributed by atoms with Crippen LogP contribution in [0.5, 0.6) is 0 Å². The predicted octanol–water partition coefficient (Wildman–Crippen LogP) is 3.28. The number of nitrogens with zero attached hydrogens (tertiary/aromatic N) is 2. The summed E-state index contributed by atoms with van der Waals surface area (Å²) in [5, 5.41) is 7.70. The average Bonchev–Trinajstić information content (AvgIpc) is 2.84. The summed E-state index contributed by atoms with van der Waals surface area (Å²) in [5.41, 5.74) is 3.68. The Morgan fingerprint density at radius 3 is 2.83 bits per heavy atom. The van der Waals surface area contributed by atoms with Gasteiger partial charge >= 0.3 is 0 Å². The number of aryl methyl sites for hydroxylation is 2. The fraction of sp³-hybridized carbons (Fsp3) is 0.357. The zero-order valence-electron chi connectivity index (χ0n) is 10.9. The number of benzene rings is 1. The summed E-state index contributed by atoms with van der Waals surface area (Å²) in [5.74, 6) is 0. The number of hydrogen-bond donors (Lipinski definition) is 1. The fourth-order valence-electron chi connectivity index (χ4n) is 2.10. The van der Waals surface area contributed by atoms with E-state index in [1.165, 1.54) is 16.7 Å². The van der Waals surface area contributed by atoms with E-state index in [0.717, 1.165) is 11.0 Å². The topological polar surface area (TPSA) is 29.9 Å². The lowest BCUT2D eigenvalue weighted by atomic mass is 10.00. The van der Waals surface area contributed by atoms with E-state index in [1.54, 1.807) is 0 Å². The van der Waals surface area contributed by atoms with Crippen LogP contribution in [0.15, 0.2) is 35.1 Å². The molecule has 0 aliphatic carbocycles. The van der Waals surface area contributed by atoms with E-state index in [0.29, 0.717) is 0 Å². The lowest BCUT2D eigenvalue weighted by molar-refractivity contribution is 0.653. The molecule has 2 aromatic rings. The molecule has 0 amide bonds. The molecule has 1 aromatic carbocycles. The highest BCUT2D eigenvalue weighted by Gasteiger charge is 2.17. The maximum Gasteiger partial charge on any atom is 0.0616 e. The smallest absolute Gasteiger partial charge is 0.0616 e. The van der Waals surface area contributed by atoms with Crippen molar-refractivity contribution in [3.8, 4) is 0 Å². The van der Waals surface area contributed by atoms with Gasteiger partial charge in [0.15, 0.2) is 0 Å². The molecule has 2 rings (SSSR count). The molecule has 1 unspecified atom stereocenters. The van der Waals surface area contributed by atoms with Gasteiger partial charge in [0.05, 0.1) is 12.2 Å². The van der Waals surface area contributed by atoms with Crippen LogP contribution in [0.2, 0.25) is 0 Å². The molecule has 1 N–H and O–H groups in total. The van der Waals surface area contributed by atoms with Crippen molar-refractivity contribution in [2.75, 3.05) is 7.05 Å². The maximum absolute atomic E-state index is 4.34. The Morgan fingerprint density at radius 2 is 2.22 bits per heavy atom. The third-order valence-corrected chi connectivity index (χ3v) is 4.22. The summed E-state index contributed by atoms with van der Waals surface area (Å²) < 4.78 is 3.11. The van der Waals surface area contributed by atoms with Gasteiger partial charge in [0.2, 0.25) is 0 Å². The van der Waals surface area contributed by atoms with Crippen LogP contribution in [-0.4, -0.2) is 16.8 Å². The second-order valence-electron chi connectivity index (χ2n) is 4.33. The molecule has 96 valence electrons. The molecule has 1 heterocycles. The summed E-state index contributed by atoms with van der Waals surface area (Å²) >= 11 is 3.68. The van der Waals surface area contributed by atoms with E-state index < -0.39 is 0 Å². The highest BCUT2D eigenvalue weighted by Crippen LogP contribution is 2.30. The lowest BCUT2D eigenvalue weighted by Crippen LogP contribution is -2.18. The van der Waals surface area contributed by atoms with Crippen LogP contribution in [0.4, 0.5) is 0 Å². The van der Waals surface area contributed by atoms with Crippen LogP contribution >= 0.6 is 15.9 Å². The molecule has 0 fully saturated rings. The Labute approximate surface area is 116 Å². The van der Waals surface area contributed by atoms with Crippen molar-refractivity contribution in [3.63, 3.8) is 0 Å². The van der Waals surface area contributed by atoms with E-state index in [4.69, 9.17) is 0 Å². The van der Waals surface area contributed by atoms with Crippen molar-refractivity contribution in [2.45, 2.75) is 26.4 Å². The van der Waals surface area contributed by atoms with Crippen LogP contribution in [-0.2, 0) is 6.54 Å². The summed E-state index contributed by atoms with van der Waals surface area (Å²) in [6.45, 7) is 5.09. The van der Waals surface area contributed by atoms with Crippen LogP contribution < -0.4 is 5.32 Å². The number of rotatable bonds is 4. The van der Waals surface area contributed by atoms with Crippen molar-refractivity contribution in [1.29, 1.82) is 0 Å². The Balaban J connectivity index is 2.41. The van der Waals surface area contributed by atoms with Gasteiger partial charge in [0, 0.05) is 22.8 Å². The first-order valence-corrected chi connectivity index (χ1v) is 6.91. The van der Waals surface area contributed by atoms with Gasteiger partial charge in [-0.15, -0.1) is 0 Å². The van der Waals surface area contributed by atoms with Gasteiger partial charge < -0.3 is 5.32 Å². The van der Waals surface area contributed by atoms with Gasteiger partial charge in [0.25, 0.3) is 0 Å². The van der Waals surface area contributed by atoms with Crippen molar-refractivity contribution in [2.24, 2.45) is 0 Å². The number of aromatic nitrogens is 2. The number of halogens is 1. The molecule has 18 heavy (non-hydrogen) atoms. The predicted molar refractivity (Wildman–Crippen MR) is 77.7 cm³/mol. The molecule has 0 saturated heterocycles. The molecule has 0 spiro atoms. The van der Waals surface area contributed by atoms with E-state index in [-0.39, 0.29) is 6.04 Å². The van der Waals surface area contributed by atoms with Crippen LogP contribution in [0.1, 0.15) is 29.7 Å². The summed E-state index contributed by atoms with van der Waals surface area (Å²) in [7, 11) is 1.97. The Kier molecular flexibility index (Phi) is 4.19. The highest BCUT2D eigenvalue weighted by molar-refractivity contribution is 9.10. The van der Waals surface area contributed by atoms with Crippen LogP contribution in [0.25, 0.3) is 0 Å². The lowest BCUT2D eigenvalue weighted by Gasteiger charge is -2.17. The van der Waals surface area contributed by atoms with Crippen LogP contribution in [0.3, 0.4) is 0 Å². The zero-order valence-corrected chi connectivity index (χ0v) is 12.5. The van der Waals surface area contributed by atoms with E-state index in [2.05, 4.69) is 64.6 Å². The highest BCUT2D eigenvalue weighted by atomic mass is 79.9. The first-order valence-electron chi connectivity index (χ1n) is 6.12. The third kappa shape index (κ3) is 2.49.